The van der Waals surface area contributed by atoms with Crippen LogP contribution in [0.2, 0.25) is 0 Å². The Balaban J connectivity index is 1.99. The summed E-state index contributed by atoms with van der Waals surface area (Å²) >= 11 is 0. The highest BCUT2D eigenvalue weighted by Gasteiger charge is 2.14. The summed E-state index contributed by atoms with van der Waals surface area (Å²) in [5, 5.41) is 20.1. The summed E-state index contributed by atoms with van der Waals surface area (Å²) in [6, 6.07) is 0. The van der Waals surface area contributed by atoms with Gasteiger partial charge in [-0.2, -0.15) is 0 Å². The fourth-order valence-electron chi connectivity index (χ4n) is 2.59. The Labute approximate surface area is 114 Å². The van der Waals surface area contributed by atoms with E-state index < -0.39 is 12.1 Å². The lowest BCUT2D eigenvalue weighted by atomic mass is 9.86. The van der Waals surface area contributed by atoms with Gasteiger partial charge in [-0.3, -0.25) is 4.79 Å². The first kappa shape index (κ1) is 16.0. The van der Waals surface area contributed by atoms with E-state index in [4.69, 9.17) is 10.2 Å². The molecule has 5 nitrogen and oxygen atoms in total. The monoisotopic (exact) mass is 271 g/mol. The van der Waals surface area contributed by atoms with Gasteiger partial charge in [0.15, 0.2) is 6.10 Å². The highest BCUT2D eigenvalue weighted by Crippen LogP contribution is 2.27. The van der Waals surface area contributed by atoms with Gasteiger partial charge in [-0.25, -0.2) is 4.79 Å². The average Bonchev–Trinajstić information content (AvgIpc) is 2.39. The third kappa shape index (κ3) is 7.15. The number of carboxylic acids is 1. The number of aliphatic hydroxyl groups excluding tert-OH is 1. The lowest BCUT2D eigenvalue weighted by Crippen LogP contribution is -2.29. The zero-order valence-corrected chi connectivity index (χ0v) is 11.4. The molecule has 1 amide bonds. The van der Waals surface area contributed by atoms with Gasteiger partial charge < -0.3 is 15.5 Å². The first-order valence-corrected chi connectivity index (χ1v) is 7.27. The fourth-order valence-corrected chi connectivity index (χ4v) is 2.59. The number of hydrogen-bond donors (Lipinski definition) is 3. The largest absolute Gasteiger partial charge is 0.479 e. The van der Waals surface area contributed by atoms with E-state index in [1.807, 2.05) is 0 Å². The van der Waals surface area contributed by atoms with E-state index in [1.54, 1.807) is 0 Å². The van der Waals surface area contributed by atoms with Crippen LogP contribution in [-0.2, 0) is 9.59 Å². The molecule has 0 bridgehead atoms. The Bertz CT molecular complexity index is 287. The van der Waals surface area contributed by atoms with Crippen molar-refractivity contribution < 1.29 is 19.8 Å². The summed E-state index contributed by atoms with van der Waals surface area (Å²) in [5.74, 6) is -0.504. The predicted molar refractivity (Wildman–Crippen MR) is 71.7 cm³/mol. The van der Waals surface area contributed by atoms with Gasteiger partial charge in [-0.05, 0) is 18.8 Å². The molecule has 5 heteroatoms. The average molecular weight is 271 g/mol. The predicted octanol–water partition coefficient (Wildman–Crippen LogP) is 1.69. The molecule has 0 aliphatic heterocycles. The quantitative estimate of drug-likeness (QED) is 0.627. The van der Waals surface area contributed by atoms with Crippen LogP contribution in [0.1, 0.15) is 57.8 Å². The van der Waals surface area contributed by atoms with Crippen molar-refractivity contribution in [1.29, 1.82) is 0 Å². The van der Waals surface area contributed by atoms with Crippen LogP contribution in [0.15, 0.2) is 0 Å². The summed E-state index contributed by atoms with van der Waals surface area (Å²) in [7, 11) is 0. The second-order valence-electron chi connectivity index (χ2n) is 5.39. The van der Waals surface area contributed by atoms with Crippen LogP contribution in [0, 0.1) is 5.92 Å². The van der Waals surface area contributed by atoms with Gasteiger partial charge in [-0.15, -0.1) is 0 Å². The Morgan fingerprint density at radius 1 is 1.21 bits per heavy atom. The first-order valence-electron chi connectivity index (χ1n) is 7.27. The number of carbonyl (C=O) groups is 2. The van der Waals surface area contributed by atoms with Crippen molar-refractivity contribution in [3.63, 3.8) is 0 Å². The molecule has 1 rings (SSSR count). The van der Waals surface area contributed by atoms with Crippen LogP contribution >= 0.6 is 0 Å². The van der Waals surface area contributed by atoms with Gasteiger partial charge in [0, 0.05) is 19.4 Å². The lowest BCUT2D eigenvalue weighted by Gasteiger charge is -2.21. The number of amides is 1. The lowest BCUT2D eigenvalue weighted by molar-refractivity contribution is -0.147. The molecule has 1 unspecified atom stereocenters. The van der Waals surface area contributed by atoms with Crippen LogP contribution in [0.25, 0.3) is 0 Å². The van der Waals surface area contributed by atoms with E-state index in [2.05, 4.69) is 5.32 Å². The molecule has 1 saturated carbocycles. The van der Waals surface area contributed by atoms with Gasteiger partial charge in [0.05, 0.1) is 0 Å². The minimum Gasteiger partial charge on any atom is -0.479 e. The molecule has 1 fully saturated rings. The van der Waals surface area contributed by atoms with Crippen molar-refractivity contribution in [3.8, 4) is 0 Å². The molecule has 0 spiro atoms. The molecule has 0 aromatic carbocycles. The number of hydrogen-bond acceptors (Lipinski definition) is 3. The van der Waals surface area contributed by atoms with E-state index in [9.17, 15) is 9.59 Å². The summed E-state index contributed by atoms with van der Waals surface area (Å²) in [4.78, 5) is 21.9. The van der Waals surface area contributed by atoms with E-state index in [-0.39, 0.29) is 18.9 Å². The summed E-state index contributed by atoms with van der Waals surface area (Å²) in [6.07, 6.45) is 7.78. The standard InChI is InChI=1S/C14H25NO4/c16-12(14(18)19)9-10-15-13(17)8-4-7-11-5-2-1-3-6-11/h11-12,16H,1-10H2,(H,15,17)(H,18,19). The van der Waals surface area contributed by atoms with Gasteiger partial charge in [0.2, 0.25) is 5.91 Å². The summed E-state index contributed by atoms with van der Waals surface area (Å²) in [5.41, 5.74) is 0. The van der Waals surface area contributed by atoms with E-state index in [0.29, 0.717) is 6.42 Å². The number of rotatable bonds is 8. The maximum atomic E-state index is 11.5. The van der Waals surface area contributed by atoms with E-state index in [1.165, 1.54) is 32.1 Å². The minimum atomic E-state index is -1.39. The summed E-state index contributed by atoms with van der Waals surface area (Å²) in [6.45, 7) is 0.218. The zero-order valence-electron chi connectivity index (χ0n) is 11.4. The molecule has 0 radical (unpaired) electrons. The SMILES string of the molecule is O=C(CCCC1CCCCC1)NCCC(O)C(=O)O. The topological polar surface area (TPSA) is 86.6 Å². The van der Waals surface area contributed by atoms with Gasteiger partial charge in [-0.1, -0.05) is 32.1 Å². The molecule has 0 saturated heterocycles. The smallest absolute Gasteiger partial charge is 0.332 e. The van der Waals surface area contributed by atoms with Gasteiger partial charge >= 0.3 is 5.97 Å². The van der Waals surface area contributed by atoms with Crippen molar-refractivity contribution in [2.24, 2.45) is 5.92 Å². The molecular formula is C14H25NO4. The van der Waals surface area contributed by atoms with E-state index in [0.717, 1.165) is 18.8 Å². The van der Waals surface area contributed by atoms with Crippen LogP contribution in [-0.4, -0.2) is 34.7 Å². The number of nitrogens with one attached hydrogen (secondary N) is 1. The number of carbonyl (C=O) groups excluding carboxylic acids is 1. The maximum absolute atomic E-state index is 11.5. The molecule has 3 N–H and O–H groups in total. The highest BCUT2D eigenvalue weighted by atomic mass is 16.4. The maximum Gasteiger partial charge on any atom is 0.332 e. The Hall–Kier alpha value is -1.10. The number of aliphatic hydroxyl groups is 1. The van der Waals surface area contributed by atoms with Crippen molar-refractivity contribution in [2.75, 3.05) is 6.54 Å². The normalized spacial score (nSPS) is 17.9. The minimum absolute atomic E-state index is 0.0478. The van der Waals surface area contributed by atoms with Crippen molar-refractivity contribution in [3.05, 3.63) is 0 Å². The molecular weight excluding hydrogens is 246 g/mol. The summed E-state index contributed by atoms with van der Waals surface area (Å²) < 4.78 is 0. The molecule has 1 atom stereocenters. The molecule has 0 aromatic heterocycles. The van der Waals surface area contributed by atoms with Crippen LogP contribution < -0.4 is 5.32 Å². The molecule has 1 aliphatic carbocycles. The third-order valence-corrected chi connectivity index (χ3v) is 3.77. The second kappa shape index (κ2) is 8.91. The van der Waals surface area contributed by atoms with Crippen molar-refractivity contribution in [1.82, 2.24) is 5.32 Å². The Kier molecular flexibility index (Phi) is 7.48. The molecule has 19 heavy (non-hydrogen) atoms. The molecule has 0 heterocycles. The van der Waals surface area contributed by atoms with Crippen LogP contribution in [0.3, 0.4) is 0 Å². The molecule has 110 valence electrons. The molecule has 0 aromatic rings. The highest BCUT2D eigenvalue weighted by molar-refractivity contribution is 5.76. The fraction of sp³-hybridized carbons (Fsp3) is 0.857. The van der Waals surface area contributed by atoms with Crippen LogP contribution in [0.4, 0.5) is 0 Å². The number of aliphatic carboxylic acids is 1. The zero-order chi connectivity index (χ0) is 14.1. The van der Waals surface area contributed by atoms with Gasteiger partial charge in [0.25, 0.3) is 0 Å². The van der Waals surface area contributed by atoms with Crippen molar-refractivity contribution in [2.45, 2.75) is 63.9 Å². The van der Waals surface area contributed by atoms with Gasteiger partial charge in [0.1, 0.15) is 0 Å². The second-order valence-corrected chi connectivity index (χ2v) is 5.39. The number of carboxylic acid groups (broad SMARTS) is 1. The third-order valence-electron chi connectivity index (χ3n) is 3.77. The Morgan fingerprint density at radius 3 is 2.53 bits per heavy atom. The first-order chi connectivity index (χ1) is 9.09. The van der Waals surface area contributed by atoms with Crippen molar-refractivity contribution >= 4 is 11.9 Å². The van der Waals surface area contributed by atoms with Crippen LogP contribution in [0.5, 0.6) is 0 Å². The Morgan fingerprint density at radius 2 is 1.89 bits per heavy atom. The van der Waals surface area contributed by atoms with E-state index >= 15 is 0 Å². The molecule has 1 aliphatic rings.